The average Bonchev–Trinajstić information content (AvgIpc) is 2.54. The Morgan fingerprint density at radius 3 is 2.55 bits per heavy atom. The summed E-state index contributed by atoms with van der Waals surface area (Å²) in [6.07, 6.45) is 6.11. The van der Waals surface area contributed by atoms with E-state index in [0.29, 0.717) is 10.4 Å². The molecule has 22 heavy (non-hydrogen) atoms. The van der Waals surface area contributed by atoms with Crippen molar-refractivity contribution in [2.45, 2.75) is 38.1 Å². The molecule has 1 aliphatic heterocycles. The molecule has 2 N–H and O–H groups in total. The number of phenolic OH excluding ortho intramolecular Hbond substituents is 1. The number of halogens is 2. The molecule has 0 radical (unpaired) electrons. The van der Waals surface area contributed by atoms with Crippen LogP contribution in [0.25, 0.3) is 0 Å². The highest BCUT2D eigenvalue weighted by molar-refractivity contribution is 9.10. The molecular weight excluding hydrogens is 347 g/mol. The average molecular weight is 371 g/mol. The molecule has 2 aliphatic rings. The number of hydrogen-bond acceptors (Lipinski definition) is 3. The van der Waals surface area contributed by atoms with Crippen LogP contribution >= 0.6 is 15.9 Å². The molecule has 3 nitrogen and oxygen atoms in total. The molecule has 1 aromatic carbocycles. The van der Waals surface area contributed by atoms with E-state index in [1.54, 1.807) is 0 Å². The molecule has 0 aromatic heterocycles. The van der Waals surface area contributed by atoms with Crippen molar-refractivity contribution in [2.24, 2.45) is 5.92 Å². The normalized spacial score (nSPS) is 22.6. The van der Waals surface area contributed by atoms with Crippen LogP contribution in [0.5, 0.6) is 5.75 Å². The van der Waals surface area contributed by atoms with Crippen LogP contribution in [0, 0.1) is 11.7 Å². The summed E-state index contributed by atoms with van der Waals surface area (Å²) in [5.74, 6) is -0.191. The zero-order chi connectivity index (χ0) is 15.5. The van der Waals surface area contributed by atoms with Crippen LogP contribution < -0.4 is 5.32 Å². The molecule has 3 rings (SSSR count). The maximum atomic E-state index is 14.0. The van der Waals surface area contributed by atoms with Gasteiger partial charge < -0.3 is 10.4 Å². The first kappa shape index (κ1) is 16.2. The Morgan fingerprint density at radius 1 is 1.18 bits per heavy atom. The lowest BCUT2D eigenvalue weighted by atomic mass is 9.80. The molecule has 122 valence electrons. The first-order valence-electron chi connectivity index (χ1n) is 8.29. The van der Waals surface area contributed by atoms with Crippen molar-refractivity contribution < 1.29 is 9.50 Å². The van der Waals surface area contributed by atoms with E-state index in [1.165, 1.54) is 38.2 Å². The predicted molar refractivity (Wildman–Crippen MR) is 89.5 cm³/mol. The molecule has 0 bridgehead atoms. The van der Waals surface area contributed by atoms with Gasteiger partial charge in [0.25, 0.3) is 0 Å². The second kappa shape index (κ2) is 7.28. The van der Waals surface area contributed by atoms with Gasteiger partial charge in [0.15, 0.2) is 11.6 Å². The number of rotatable bonds is 3. The van der Waals surface area contributed by atoms with E-state index < -0.39 is 5.82 Å². The zero-order valence-electron chi connectivity index (χ0n) is 12.8. The molecule has 1 aromatic rings. The fraction of sp³-hybridized carbons (Fsp3) is 0.647. The molecular formula is C17H24BrFN2O. The third-order valence-electron chi connectivity index (χ3n) is 5.02. The Kier molecular flexibility index (Phi) is 5.37. The standard InChI is InChI=1S/C17H24BrFN2O/c18-13-10-14(17(22)15(19)11-13)16(12-4-2-1-3-5-12)21-8-6-20-7-9-21/h10-12,16,20,22H,1-9H2/t16-/m0/s1. The van der Waals surface area contributed by atoms with Crippen LogP contribution in [-0.4, -0.2) is 36.2 Å². The third kappa shape index (κ3) is 3.47. The Labute approximate surface area is 140 Å². The summed E-state index contributed by atoms with van der Waals surface area (Å²) in [4.78, 5) is 2.42. The van der Waals surface area contributed by atoms with Gasteiger partial charge >= 0.3 is 0 Å². The Hall–Kier alpha value is -0.650. The van der Waals surface area contributed by atoms with Gasteiger partial charge in [0.2, 0.25) is 0 Å². The highest BCUT2D eigenvalue weighted by atomic mass is 79.9. The van der Waals surface area contributed by atoms with Gasteiger partial charge in [0.05, 0.1) is 0 Å². The SMILES string of the molecule is Oc1c(F)cc(Br)cc1[C@H](C1CCCCC1)N1CCNCC1. The maximum Gasteiger partial charge on any atom is 0.166 e. The van der Waals surface area contributed by atoms with Crippen molar-refractivity contribution in [3.63, 3.8) is 0 Å². The van der Waals surface area contributed by atoms with E-state index in [0.717, 1.165) is 31.7 Å². The smallest absolute Gasteiger partial charge is 0.166 e. The van der Waals surface area contributed by atoms with Gasteiger partial charge in [-0.25, -0.2) is 4.39 Å². The van der Waals surface area contributed by atoms with Crippen LogP contribution in [-0.2, 0) is 0 Å². The Morgan fingerprint density at radius 2 is 1.86 bits per heavy atom. The molecule has 2 fully saturated rings. The Bertz CT molecular complexity index is 496. The van der Waals surface area contributed by atoms with Crippen LogP contribution in [0.4, 0.5) is 4.39 Å². The van der Waals surface area contributed by atoms with Crippen molar-refractivity contribution in [3.05, 3.63) is 28.0 Å². The lowest BCUT2D eigenvalue weighted by molar-refractivity contribution is 0.101. The fourth-order valence-corrected chi connectivity index (χ4v) is 4.42. The lowest BCUT2D eigenvalue weighted by Crippen LogP contribution is -2.47. The number of benzene rings is 1. The van der Waals surface area contributed by atoms with Crippen molar-refractivity contribution in [1.29, 1.82) is 0 Å². The molecule has 0 spiro atoms. The van der Waals surface area contributed by atoms with Gasteiger partial charge in [0.1, 0.15) is 0 Å². The molecule has 1 saturated carbocycles. The largest absolute Gasteiger partial charge is 0.505 e. The second-order valence-corrected chi connectivity index (χ2v) is 7.37. The highest BCUT2D eigenvalue weighted by Gasteiger charge is 2.33. The minimum atomic E-state index is -0.527. The molecule has 1 atom stereocenters. The number of hydrogen-bond donors (Lipinski definition) is 2. The van der Waals surface area contributed by atoms with E-state index in [1.807, 2.05) is 6.07 Å². The van der Waals surface area contributed by atoms with Gasteiger partial charge in [-0.3, -0.25) is 4.90 Å². The van der Waals surface area contributed by atoms with Crippen molar-refractivity contribution >= 4 is 15.9 Å². The number of piperazine rings is 1. The zero-order valence-corrected chi connectivity index (χ0v) is 14.4. The quantitative estimate of drug-likeness (QED) is 0.848. The summed E-state index contributed by atoms with van der Waals surface area (Å²) in [6, 6.07) is 3.36. The summed E-state index contributed by atoms with van der Waals surface area (Å²) >= 11 is 3.38. The van der Waals surface area contributed by atoms with Gasteiger partial charge in [-0.05, 0) is 30.9 Å². The van der Waals surface area contributed by atoms with Crippen molar-refractivity contribution in [3.8, 4) is 5.75 Å². The summed E-state index contributed by atoms with van der Waals surface area (Å²) in [5.41, 5.74) is 0.751. The minimum Gasteiger partial charge on any atom is -0.505 e. The Balaban J connectivity index is 1.96. The monoisotopic (exact) mass is 370 g/mol. The summed E-state index contributed by atoms with van der Waals surface area (Å²) in [7, 11) is 0. The lowest BCUT2D eigenvalue weighted by Gasteiger charge is -2.41. The van der Waals surface area contributed by atoms with Crippen LogP contribution in [0.15, 0.2) is 16.6 Å². The number of nitrogens with zero attached hydrogens (tertiary/aromatic N) is 1. The third-order valence-corrected chi connectivity index (χ3v) is 5.48. The minimum absolute atomic E-state index is 0.120. The van der Waals surface area contributed by atoms with E-state index >= 15 is 0 Å². The van der Waals surface area contributed by atoms with Gasteiger partial charge in [0, 0.05) is 42.3 Å². The molecule has 0 unspecified atom stereocenters. The topological polar surface area (TPSA) is 35.5 Å². The van der Waals surface area contributed by atoms with Crippen molar-refractivity contribution in [1.82, 2.24) is 10.2 Å². The molecule has 1 saturated heterocycles. The van der Waals surface area contributed by atoms with E-state index in [4.69, 9.17) is 0 Å². The summed E-state index contributed by atoms with van der Waals surface area (Å²) < 4.78 is 14.7. The highest BCUT2D eigenvalue weighted by Crippen LogP contribution is 2.43. The van der Waals surface area contributed by atoms with Gasteiger partial charge in [-0.2, -0.15) is 0 Å². The van der Waals surface area contributed by atoms with E-state index in [-0.39, 0.29) is 11.8 Å². The van der Waals surface area contributed by atoms with E-state index in [9.17, 15) is 9.50 Å². The molecule has 1 heterocycles. The van der Waals surface area contributed by atoms with Crippen LogP contribution in [0.2, 0.25) is 0 Å². The van der Waals surface area contributed by atoms with E-state index in [2.05, 4.69) is 26.1 Å². The number of phenols is 1. The van der Waals surface area contributed by atoms with Crippen LogP contribution in [0.1, 0.15) is 43.7 Å². The number of nitrogens with one attached hydrogen (secondary N) is 1. The van der Waals surface area contributed by atoms with Gasteiger partial charge in [-0.1, -0.05) is 35.2 Å². The maximum absolute atomic E-state index is 14.0. The molecule has 0 amide bonds. The summed E-state index contributed by atoms with van der Waals surface area (Å²) in [6.45, 7) is 3.82. The first-order valence-corrected chi connectivity index (χ1v) is 9.09. The number of aromatic hydroxyl groups is 1. The fourth-order valence-electron chi connectivity index (χ4n) is 3.97. The predicted octanol–water partition coefficient (Wildman–Crippen LogP) is 3.82. The van der Waals surface area contributed by atoms with Crippen molar-refractivity contribution in [2.75, 3.05) is 26.2 Å². The second-order valence-electron chi connectivity index (χ2n) is 6.45. The first-order chi connectivity index (χ1) is 10.7. The molecule has 5 heteroatoms. The molecule has 1 aliphatic carbocycles. The van der Waals surface area contributed by atoms with Crippen LogP contribution in [0.3, 0.4) is 0 Å². The van der Waals surface area contributed by atoms with Gasteiger partial charge in [-0.15, -0.1) is 0 Å². The summed E-state index contributed by atoms with van der Waals surface area (Å²) in [5, 5.41) is 13.7.